The number of nitrogens with one attached hydrogen (secondary N) is 2. The fourth-order valence-electron chi connectivity index (χ4n) is 3.18. The van der Waals surface area contributed by atoms with Crippen LogP contribution in [-0.2, 0) is 9.53 Å². The van der Waals surface area contributed by atoms with Crippen molar-refractivity contribution in [2.24, 2.45) is 10.4 Å². The maximum absolute atomic E-state index is 11.6. The Kier molecular flexibility index (Phi) is 5.32. The van der Waals surface area contributed by atoms with Gasteiger partial charge in [-0.05, 0) is 33.6 Å². The molecule has 0 saturated carbocycles. The van der Waals surface area contributed by atoms with Gasteiger partial charge in [-0.1, -0.05) is 0 Å². The van der Waals surface area contributed by atoms with Gasteiger partial charge in [0.05, 0.1) is 12.1 Å². The molecule has 1 atom stereocenters. The van der Waals surface area contributed by atoms with Crippen LogP contribution in [0.1, 0.15) is 40.0 Å². The van der Waals surface area contributed by atoms with Gasteiger partial charge in [0.25, 0.3) is 0 Å². The number of piperidine rings is 1. The molecule has 2 aliphatic rings. The van der Waals surface area contributed by atoms with Crippen LogP contribution in [0.15, 0.2) is 4.99 Å². The SMILES string of the molecule is CCNC(=NCC(C)(C)OC)N1CCCC2(CNC(=O)C2)C1. The van der Waals surface area contributed by atoms with E-state index in [1.54, 1.807) is 7.11 Å². The van der Waals surface area contributed by atoms with Crippen LogP contribution < -0.4 is 10.6 Å². The molecule has 0 radical (unpaired) electrons. The highest BCUT2D eigenvalue weighted by molar-refractivity contribution is 5.81. The van der Waals surface area contributed by atoms with Crippen molar-refractivity contribution in [1.82, 2.24) is 15.5 Å². The number of rotatable bonds is 4. The summed E-state index contributed by atoms with van der Waals surface area (Å²) in [5.74, 6) is 1.12. The van der Waals surface area contributed by atoms with E-state index in [-0.39, 0.29) is 16.9 Å². The van der Waals surface area contributed by atoms with Crippen molar-refractivity contribution in [3.8, 4) is 0 Å². The summed E-state index contributed by atoms with van der Waals surface area (Å²) in [6.07, 6.45) is 2.87. The Morgan fingerprint density at radius 2 is 2.32 bits per heavy atom. The van der Waals surface area contributed by atoms with Gasteiger partial charge in [-0.2, -0.15) is 0 Å². The largest absolute Gasteiger partial charge is 0.377 e. The highest BCUT2D eigenvalue weighted by Gasteiger charge is 2.42. The molecule has 126 valence electrons. The second kappa shape index (κ2) is 6.86. The smallest absolute Gasteiger partial charge is 0.220 e. The molecule has 2 saturated heterocycles. The van der Waals surface area contributed by atoms with E-state index in [1.165, 1.54) is 0 Å². The average molecular weight is 310 g/mol. The number of carbonyl (C=O) groups excluding carboxylic acids is 1. The number of methoxy groups -OCH3 is 1. The minimum Gasteiger partial charge on any atom is -0.377 e. The number of aliphatic imine (C=N–C) groups is 1. The maximum Gasteiger partial charge on any atom is 0.220 e. The predicted octanol–water partition coefficient (Wildman–Crippen LogP) is 0.979. The molecular formula is C16H30N4O2. The summed E-state index contributed by atoms with van der Waals surface area (Å²) in [4.78, 5) is 18.7. The Bertz CT molecular complexity index is 436. The van der Waals surface area contributed by atoms with Crippen LogP contribution in [0, 0.1) is 5.41 Å². The maximum atomic E-state index is 11.6. The summed E-state index contributed by atoms with van der Waals surface area (Å²) in [6.45, 7) is 10.3. The van der Waals surface area contributed by atoms with Crippen LogP contribution in [-0.4, -0.2) is 62.2 Å². The molecule has 0 aromatic rings. The zero-order valence-corrected chi connectivity index (χ0v) is 14.4. The first-order chi connectivity index (χ1) is 10.4. The lowest BCUT2D eigenvalue weighted by Gasteiger charge is -2.41. The minimum atomic E-state index is -0.265. The summed E-state index contributed by atoms with van der Waals surface area (Å²) in [6, 6.07) is 0. The Balaban J connectivity index is 2.07. The number of carbonyl (C=O) groups is 1. The van der Waals surface area contributed by atoms with Gasteiger partial charge >= 0.3 is 0 Å². The molecule has 0 aliphatic carbocycles. The number of likely N-dealkylation sites (tertiary alicyclic amines) is 1. The molecule has 6 heteroatoms. The van der Waals surface area contributed by atoms with Gasteiger partial charge in [-0.3, -0.25) is 9.79 Å². The summed E-state index contributed by atoms with van der Waals surface area (Å²) >= 11 is 0. The Labute approximate surface area is 133 Å². The van der Waals surface area contributed by atoms with Crippen LogP contribution in [0.3, 0.4) is 0 Å². The molecule has 2 heterocycles. The Hall–Kier alpha value is -1.30. The summed E-state index contributed by atoms with van der Waals surface area (Å²) < 4.78 is 5.45. The molecule has 1 spiro atoms. The number of ether oxygens (including phenoxy) is 1. The lowest BCUT2D eigenvalue weighted by Crippen LogP contribution is -2.51. The molecule has 2 aliphatic heterocycles. The third-order valence-electron chi connectivity index (χ3n) is 4.65. The highest BCUT2D eigenvalue weighted by Crippen LogP contribution is 2.36. The van der Waals surface area contributed by atoms with Crippen LogP contribution in [0.4, 0.5) is 0 Å². The lowest BCUT2D eigenvalue weighted by molar-refractivity contribution is -0.119. The van der Waals surface area contributed by atoms with E-state index in [1.807, 2.05) is 13.8 Å². The van der Waals surface area contributed by atoms with E-state index in [2.05, 4.69) is 22.5 Å². The zero-order chi connectivity index (χ0) is 16.2. The van der Waals surface area contributed by atoms with E-state index in [0.29, 0.717) is 13.0 Å². The molecule has 2 fully saturated rings. The fourth-order valence-corrected chi connectivity index (χ4v) is 3.18. The molecule has 6 nitrogen and oxygen atoms in total. The zero-order valence-electron chi connectivity index (χ0n) is 14.4. The van der Waals surface area contributed by atoms with Crippen LogP contribution in [0.5, 0.6) is 0 Å². The first-order valence-electron chi connectivity index (χ1n) is 8.25. The molecule has 2 N–H and O–H groups in total. The van der Waals surface area contributed by atoms with Crippen molar-refractivity contribution in [3.05, 3.63) is 0 Å². The highest BCUT2D eigenvalue weighted by atomic mass is 16.5. The van der Waals surface area contributed by atoms with E-state index in [4.69, 9.17) is 9.73 Å². The lowest BCUT2D eigenvalue weighted by atomic mass is 9.79. The van der Waals surface area contributed by atoms with E-state index >= 15 is 0 Å². The number of amides is 1. The van der Waals surface area contributed by atoms with Crippen molar-refractivity contribution in [2.75, 3.05) is 39.8 Å². The fraction of sp³-hybridized carbons (Fsp3) is 0.875. The second-order valence-corrected chi connectivity index (χ2v) is 7.11. The molecular weight excluding hydrogens is 280 g/mol. The van der Waals surface area contributed by atoms with Gasteiger partial charge in [-0.15, -0.1) is 0 Å². The molecule has 0 bridgehead atoms. The van der Waals surface area contributed by atoms with Crippen LogP contribution in [0.2, 0.25) is 0 Å². The number of hydrogen-bond donors (Lipinski definition) is 2. The predicted molar refractivity (Wildman–Crippen MR) is 87.9 cm³/mol. The van der Waals surface area contributed by atoms with E-state index < -0.39 is 0 Å². The van der Waals surface area contributed by atoms with Crippen LogP contribution in [0.25, 0.3) is 0 Å². The third kappa shape index (κ3) is 4.12. The van der Waals surface area contributed by atoms with Gasteiger partial charge in [0, 0.05) is 45.1 Å². The first kappa shape index (κ1) is 17.1. The summed E-state index contributed by atoms with van der Waals surface area (Å²) in [7, 11) is 1.72. The van der Waals surface area contributed by atoms with Crippen molar-refractivity contribution < 1.29 is 9.53 Å². The van der Waals surface area contributed by atoms with Gasteiger partial charge < -0.3 is 20.3 Å². The van der Waals surface area contributed by atoms with E-state index in [9.17, 15) is 4.79 Å². The van der Waals surface area contributed by atoms with E-state index in [0.717, 1.165) is 45.0 Å². The second-order valence-electron chi connectivity index (χ2n) is 7.11. The van der Waals surface area contributed by atoms with Gasteiger partial charge in [0.2, 0.25) is 5.91 Å². The number of nitrogens with zero attached hydrogens (tertiary/aromatic N) is 2. The summed E-state index contributed by atoms with van der Waals surface area (Å²) in [5.41, 5.74) is -0.179. The summed E-state index contributed by atoms with van der Waals surface area (Å²) in [5, 5.41) is 6.37. The molecule has 22 heavy (non-hydrogen) atoms. The van der Waals surface area contributed by atoms with Crippen molar-refractivity contribution in [2.45, 2.75) is 45.6 Å². The first-order valence-corrected chi connectivity index (χ1v) is 8.25. The monoisotopic (exact) mass is 310 g/mol. The quantitative estimate of drug-likeness (QED) is 0.600. The topological polar surface area (TPSA) is 66.0 Å². The van der Waals surface area contributed by atoms with Crippen LogP contribution >= 0.6 is 0 Å². The van der Waals surface area contributed by atoms with Gasteiger partial charge in [0.1, 0.15) is 0 Å². The van der Waals surface area contributed by atoms with Crippen molar-refractivity contribution >= 4 is 11.9 Å². The minimum absolute atomic E-state index is 0.0856. The van der Waals surface area contributed by atoms with Crippen molar-refractivity contribution in [3.63, 3.8) is 0 Å². The normalized spacial score (nSPS) is 26.5. The molecule has 2 rings (SSSR count). The van der Waals surface area contributed by atoms with Crippen molar-refractivity contribution in [1.29, 1.82) is 0 Å². The number of guanidine groups is 1. The molecule has 1 unspecified atom stereocenters. The Morgan fingerprint density at radius 3 is 2.91 bits per heavy atom. The number of hydrogen-bond acceptors (Lipinski definition) is 3. The third-order valence-corrected chi connectivity index (χ3v) is 4.65. The standard InChI is InChI=1S/C16H30N4O2/c1-5-17-14(19-10-15(2,3)22-4)20-8-6-7-16(12-20)9-13(21)18-11-16/h5-12H2,1-4H3,(H,17,19)(H,18,21). The van der Waals surface area contributed by atoms with Gasteiger partial charge in [0.15, 0.2) is 5.96 Å². The molecule has 1 amide bonds. The Morgan fingerprint density at radius 1 is 1.55 bits per heavy atom. The average Bonchev–Trinajstić information content (AvgIpc) is 2.84. The van der Waals surface area contributed by atoms with Gasteiger partial charge in [-0.25, -0.2) is 0 Å². The molecule has 0 aromatic carbocycles. The molecule has 0 aromatic heterocycles.